The molecule has 0 aromatic heterocycles. The van der Waals surface area contributed by atoms with Gasteiger partial charge in [0.2, 0.25) is 0 Å². The van der Waals surface area contributed by atoms with E-state index in [2.05, 4.69) is 6.58 Å². The van der Waals surface area contributed by atoms with Crippen molar-refractivity contribution in [1.29, 1.82) is 0 Å². The fourth-order valence-corrected chi connectivity index (χ4v) is 2.26. The van der Waals surface area contributed by atoms with Gasteiger partial charge in [-0.15, -0.1) is 0 Å². The summed E-state index contributed by atoms with van der Waals surface area (Å²) in [5, 5.41) is 0. The molecule has 1 aromatic carbocycles. The Morgan fingerprint density at radius 2 is 2.00 bits per heavy atom. The third kappa shape index (κ3) is 5.00. The fourth-order valence-electron chi connectivity index (χ4n) is 1.72. The van der Waals surface area contributed by atoms with Crippen LogP contribution >= 0.6 is 0 Å². The van der Waals surface area contributed by atoms with Crippen LogP contribution in [-0.4, -0.2) is 37.2 Å². The second-order valence-corrected chi connectivity index (χ2v) is 6.03. The SMILES string of the molecule is C=C(C)c1ccccc1CN(C)CCS(=O)(=O)O. The van der Waals surface area contributed by atoms with Crippen molar-refractivity contribution < 1.29 is 13.0 Å². The maximum Gasteiger partial charge on any atom is 0.266 e. The van der Waals surface area contributed by atoms with Crippen LogP contribution in [0.3, 0.4) is 0 Å². The molecule has 0 spiro atoms. The molecule has 4 nitrogen and oxygen atoms in total. The van der Waals surface area contributed by atoms with E-state index in [1.807, 2.05) is 43.1 Å². The van der Waals surface area contributed by atoms with E-state index >= 15 is 0 Å². The lowest BCUT2D eigenvalue weighted by Crippen LogP contribution is -2.25. The molecule has 0 atom stereocenters. The van der Waals surface area contributed by atoms with E-state index in [1.54, 1.807) is 0 Å². The zero-order chi connectivity index (χ0) is 13.8. The predicted molar refractivity (Wildman–Crippen MR) is 73.9 cm³/mol. The minimum atomic E-state index is -3.90. The van der Waals surface area contributed by atoms with Gasteiger partial charge in [-0.25, -0.2) is 0 Å². The first-order valence-corrected chi connectivity index (χ1v) is 7.28. The summed E-state index contributed by atoms with van der Waals surface area (Å²) in [6.45, 7) is 6.78. The summed E-state index contributed by atoms with van der Waals surface area (Å²) in [5.74, 6) is -0.251. The van der Waals surface area contributed by atoms with E-state index in [0.29, 0.717) is 13.1 Å². The van der Waals surface area contributed by atoms with Crippen molar-refractivity contribution in [2.24, 2.45) is 0 Å². The average molecular weight is 269 g/mol. The van der Waals surface area contributed by atoms with Crippen LogP contribution in [0.5, 0.6) is 0 Å². The molecule has 18 heavy (non-hydrogen) atoms. The minimum Gasteiger partial charge on any atom is -0.301 e. The quantitative estimate of drug-likeness (QED) is 0.803. The molecule has 0 saturated heterocycles. The van der Waals surface area contributed by atoms with Crippen LogP contribution in [0.25, 0.3) is 5.57 Å². The predicted octanol–water partition coefficient (Wildman–Crippen LogP) is 2.04. The summed E-state index contributed by atoms with van der Waals surface area (Å²) in [7, 11) is -2.08. The third-order valence-electron chi connectivity index (χ3n) is 2.65. The molecule has 0 bridgehead atoms. The van der Waals surface area contributed by atoms with Gasteiger partial charge in [0.1, 0.15) is 0 Å². The van der Waals surface area contributed by atoms with Crippen LogP contribution in [0.4, 0.5) is 0 Å². The van der Waals surface area contributed by atoms with Gasteiger partial charge in [-0.05, 0) is 25.1 Å². The van der Waals surface area contributed by atoms with Crippen LogP contribution in [0, 0.1) is 0 Å². The summed E-state index contributed by atoms with van der Waals surface area (Å²) in [6.07, 6.45) is 0. The number of hydrogen-bond acceptors (Lipinski definition) is 3. The lowest BCUT2D eigenvalue weighted by Gasteiger charge is -2.18. The van der Waals surface area contributed by atoms with E-state index in [0.717, 1.165) is 16.7 Å². The Hall–Kier alpha value is -1.17. The molecule has 0 aliphatic carbocycles. The first-order valence-electron chi connectivity index (χ1n) is 5.67. The second-order valence-electron chi connectivity index (χ2n) is 4.46. The molecule has 0 unspecified atom stereocenters. The van der Waals surface area contributed by atoms with Crippen molar-refractivity contribution in [2.45, 2.75) is 13.5 Å². The van der Waals surface area contributed by atoms with Crippen LogP contribution in [0.2, 0.25) is 0 Å². The van der Waals surface area contributed by atoms with Crippen molar-refractivity contribution in [3.8, 4) is 0 Å². The van der Waals surface area contributed by atoms with Gasteiger partial charge in [-0.1, -0.05) is 36.4 Å². The highest BCUT2D eigenvalue weighted by molar-refractivity contribution is 7.85. The molecule has 0 radical (unpaired) electrons. The average Bonchev–Trinajstić information content (AvgIpc) is 2.26. The molecule has 1 N–H and O–H groups in total. The molecule has 1 aromatic rings. The molecule has 5 heteroatoms. The molecular weight excluding hydrogens is 250 g/mol. The van der Waals surface area contributed by atoms with Crippen LogP contribution in [0.15, 0.2) is 30.8 Å². The zero-order valence-corrected chi connectivity index (χ0v) is 11.6. The highest BCUT2D eigenvalue weighted by atomic mass is 32.2. The van der Waals surface area contributed by atoms with E-state index in [9.17, 15) is 8.42 Å². The molecule has 0 heterocycles. The van der Waals surface area contributed by atoms with E-state index in [4.69, 9.17) is 4.55 Å². The molecular formula is C13H19NO3S. The zero-order valence-electron chi connectivity index (χ0n) is 10.8. The van der Waals surface area contributed by atoms with Gasteiger partial charge in [-0.2, -0.15) is 8.42 Å². The number of benzene rings is 1. The minimum absolute atomic E-state index is 0.251. The molecule has 0 fully saturated rings. The van der Waals surface area contributed by atoms with Gasteiger partial charge in [0.15, 0.2) is 0 Å². The fraction of sp³-hybridized carbons (Fsp3) is 0.385. The Morgan fingerprint density at radius 1 is 1.39 bits per heavy atom. The van der Waals surface area contributed by atoms with Crippen LogP contribution in [-0.2, 0) is 16.7 Å². The topological polar surface area (TPSA) is 57.6 Å². The smallest absolute Gasteiger partial charge is 0.266 e. The number of allylic oxidation sites excluding steroid dienone is 1. The molecule has 0 amide bonds. The van der Waals surface area contributed by atoms with E-state index in [1.165, 1.54) is 0 Å². The highest BCUT2D eigenvalue weighted by Gasteiger charge is 2.09. The Kier molecular flexibility index (Phi) is 5.07. The maximum absolute atomic E-state index is 10.7. The highest BCUT2D eigenvalue weighted by Crippen LogP contribution is 2.18. The van der Waals surface area contributed by atoms with Gasteiger partial charge in [0.05, 0.1) is 5.75 Å². The van der Waals surface area contributed by atoms with Crippen LogP contribution < -0.4 is 0 Å². The normalized spacial score (nSPS) is 11.8. The van der Waals surface area contributed by atoms with Crippen molar-refractivity contribution in [2.75, 3.05) is 19.3 Å². The Labute approximate surface area is 109 Å². The molecule has 0 aliphatic heterocycles. The van der Waals surface area contributed by atoms with Crippen molar-refractivity contribution in [1.82, 2.24) is 4.90 Å². The summed E-state index contributed by atoms with van der Waals surface area (Å²) in [6, 6.07) is 7.88. The summed E-state index contributed by atoms with van der Waals surface area (Å²) >= 11 is 0. The van der Waals surface area contributed by atoms with Crippen molar-refractivity contribution in [3.63, 3.8) is 0 Å². The standard InChI is InChI=1S/C13H19NO3S/c1-11(2)13-7-5-4-6-12(13)10-14(3)8-9-18(15,16)17/h4-7H,1,8-10H2,2-3H3,(H,15,16,17). The summed E-state index contributed by atoms with van der Waals surface area (Å²) < 4.78 is 30.1. The molecule has 0 saturated carbocycles. The van der Waals surface area contributed by atoms with E-state index < -0.39 is 10.1 Å². The number of hydrogen-bond donors (Lipinski definition) is 1. The lowest BCUT2D eigenvalue weighted by atomic mass is 10.0. The van der Waals surface area contributed by atoms with Gasteiger partial charge < -0.3 is 4.90 Å². The second kappa shape index (κ2) is 6.13. The van der Waals surface area contributed by atoms with Crippen molar-refractivity contribution >= 4 is 15.7 Å². The van der Waals surface area contributed by atoms with Gasteiger partial charge in [0, 0.05) is 13.1 Å². The molecule has 100 valence electrons. The Morgan fingerprint density at radius 3 is 2.56 bits per heavy atom. The number of nitrogens with zero attached hydrogens (tertiary/aromatic N) is 1. The number of rotatable bonds is 6. The molecule has 0 aliphatic rings. The largest absolute Gasteiger partial charge is 0.301 e. The van der Waals surface area contributed by atoms with E-state index in [-0.39, 0.29) is 5.75 Å². The first kappa shape index (κ1) is 14.9. The third-order valence-corrected chi connectivity index (χ3v) is 3.35. The molecule has 1 rings (SSSR count). The van der Waals surface area contributed by atoms with Gasteiger partial charge >= 0.3 is 0 Å². The van der Waals surface area contributed by atoms with Gasteiger partial charge in [0.25, 0.3) is 10.1 Å². The lowest BCUT2D eigenvalue weighted by molar-refractivity contribution is 0.341. The first-order chi connectivity index (χ1) is 8.29. The Balaban J connectivity index is 2.70. The monoisotopic (exact) mass is 269 g/mol. The summed E-state index contributed by atoms with van der Waals surface area (Å²) in [5.41, 5.74) is 3.16. The van der Waals surface area contributed by atoms with Crippen LogP contribution in [0.1, 0.15) is 18.1 Å². The summed E-state index contributed by atoms with van der Waals surface area (Å²) in [4.78, 5) is 1.86. The maximum atomic E-state index is 10.7. The Bertz CT molecular complexity index is 523. The van der Waals surface area contributed by atoms with Crippen molar-refractivity contribution in [3.05, 3.63) is 42.0 Å². The van der Waals surface area contributed by atoms with Gasteiger partial charge in [-0.3, -0.25) is 4.55 Å².